The van der Waals surface area contributed by atoms with Crippen LogP contribution in [0.2, 0.25) is 0 Å². The van der Waals surface area contributed by atoms with Crippen LogP contribution in [0.25, 0.3) is 0 Å². The molecule has 0 radical (unpaired) electrons. The summed E-state index contributed by atoms with van der Waals surface area (Å²) in [5.41, 5.74) is 0. The van der Waals surface area contributed by atoms with Gasteiger partial charge in [-0.1, -0.05) is 6.42 Å². The van der Waals surface area contributed by atoms with E-state index in [0.717, 1.165) is 12.5 Å². The SMILES string of the molecule is COC(=O)CC(O)CNCC1CCC1. The van der Waals surface area contributed by atoms with Crippen molar-refractivity contribution in [1.82, 2.24) is 5.32 Å². The first-order valence-corrected chi connectivity index (χ1v) is 5.18. The molecule has 1 aliphatic carbocycles. The van der Waals surface area contributed by atoms with E-state index in [2.05, 4.69) is 10.1 Å². The Morgan fingerprint density at radius 2 is 2.36 bits per heavy atom. The van der Waals surface area contributed by atoms with Gasteiger partial charge in [0.1, 0.15) is 0 Å². The highest BCUT2D eigenvalue weighted by Crippen LogP contribution is 2.24. The molecule has 1 fully saturated rings. The predicted molar refractivity (Wildman–Crippen MR) is 52.9 cm³/mol. The van der Waals surface area contributed by atoms with Crippen LogP contribution in [0.5, 0.6) is 0 Å². The summed E-state index contributed by atoms with van der Waals surface area (Å²) in [4.78, 5) is 10.8. The van der Waals surface area contributed by atoms with Crippen LogP contribution in [0, 0.1) is 5.92 Å². The molecule has 14 heavy (non-hydrogen) atoms. The smallest absolute Gasteiger partial charge is 0.308 e. The van der Waals surface area contributed by atoms with Crippen LogP contribution in [0.4, 0.5) is 0 Å². The largest absolute Gasteiger partial charge is 0.469 e. The van der Waals surface area contributed by atoms with Crippen LogP contribution in [0.3, 0.4) is 0 Å². The van der Waals surface area contributed by atoms with Gasteiger partial charge in [-0.15, -0.1) is 0 Å². The third-order valence-electron chi connectivity index (χ3n) is 2.67. The Balaban J connectivity index is 1.96. The van der Waals surface area contributed by atoms with Gasteiger partial charge in [0.05, 0.1) is 19.6 Å². The minimum atomic E-state index is -0.623. The average Bonchev–Trinajstić information content (AvgIpc) is 2.09. The van der Waals surface area contributed by atoms with Gasteiger partial charge in [0.2, 0.25) is 0 Å². The third-order valence-corrected chi connectivity index (χ3v) is 2.67. The molecule has 0 amide bonds. The maximum Gasteiger partial charge on any atom is 0.308 e. The van der Waals surface area contributed by atoms with Gasteiger partial charge < -0.3 is 15.2 Å². The molecule has 1 rings (SSSR count). The number of aliphatic hydroxyl groups is 1. The fourth-order valence-corrected chi connectivity index (χ4v) is 1.50. The topological polar surface area (TPSA) is 58.6 Å². The summed E-state index contributed by atoms with van der Waals surface area (Å²) in [6.45, 7) is 1.43. The Hall–Kier alpha value is -0.610. The number of methoxy groups -OCH3 is 1. The highest BCUT2D eigenvalue weighted by atomic mass is 16.5. The highest BCUT2D eigenvalue weighted by molar-refractivity contribution is 5.69. The van der Waals surface area contributed by atoms with Crippen LogP contribution in [-0.2, 0) is 9.53 Å². The van der Waals surface area contributed by atoms with E-state index in [-0.39, 0.29) is 12.4 Å². The Morgan fingerprint density at radius 1 is 1.64 bits per heavy atom. The summed E-state index contributed by atoms with van der Waals surface area (Å²) >= 11 is 0. The molecule has 1 saturated carbocycles. The first-order chi connectivity index (χ1) is 6.72. The van der Waals surface area contributed by atoms with Crippen molar-refractivity contribution in [3.05, 3.63) is 0 Å². The van der Waals surface area contributed by atoms with Crippen LogP contribution in [-0.4, -0.2) is 37.4 Å². The molecule has 0 spiro atoms. The number of aliphatic hydroxyl groups excluding tert-OH is 1. The number of nitrogens with one attached hydrogen (secondary N) is 1. The monoisotopic (exact) mass is 201 g/mol. The summed E-state index contributed by atoms with van der Waals surface area (Å²) in [5, 5.41) is 12.5. The molecular weight excluding hydrogens is 182 g/mol. The molecular formula is C10H19NO3. The summed E-state index contributed by atoms with van der Waals surface area (Å²) in [6.07, 6.45) is 3.37. The van der Waals surface area contributed by atoms with E-state index >= 15 is 0 Å². The quantitative estimate of drug-likeness (QED) is 0.607. The van der Waals surface area contributed by atoms with E-state index in [1.807, 2.05) is 0 Å². The molecule has 0 heterocycles. The zero-order valence-corrected chi connectivity index (χ0v) is 8.66. The molecule has 1 aliphatic rings. The molecule has 0 saturated heterocycles. The summed E-state index contributed by atoms with van der Waals surface area (Å²) in [6, 6.07) is 0. The second-order valence-corrected chi connectivity index (χ2v) is 3.89. The van der Waals surface area contributed by atoms with E-state index in [9.17, 15) is 9.90 Å². The van der Waals surface area contributed by atoms with Crippen molar-refractivity contribution in [3.63, 3.8) is 0 Å². The van der Waals surface area contributed by atoms with Crippen LogP contribution >= 0.6 is 0 Å². The van der Waals surface area contributed by atoms with Crippen molar-refractivity contribution in [2.45, 2.75) is 31.8 Å². The molecule has 1 unspecified atom stereocenters. The third kappa shape index (κ3) is 4.07. The number of carbonyl (C=O) groups is 1. The lowest BCUT2D eigenvalue weighted by atomic mass is 9.85. The van der Waals surface area contributed by atoms with E-state index in [1.54, 1.807) is 0 Å². The minimum Gasteiger partial charge on any atom is -0.469 e. The number of rotatable bonds is 6. The zero-order chi connectivity index (χ0) is 10.4. The normalized spacial score (nSPS) is 18.7. The van der Waals surface area contributed by atoms with Crippen LogP contribution < -0.4 is 5.32 Å². The van der Waals surface area contributed by atoms with E-state index < -0.39 is 6.10 Å². The van der Waals surface area contributed by atoms with Gasteiger partial charge in [-0.2, -0.15) is 0 Å². The lowest BCUT2D eigenvalue weighted by molar-refractivity contribution is -0.142. The molecule has 4 heteroatoms. The zero-order valence-electron chi connectivity index (χ0n) is 8.66. The lowest BCUT2D eigenvalue weighted by Gasteiger charge is -2.25. The van der Waals surface area contributed by atoms with Gasteiger partial charge in [-0.05, 0) is 25.3 Å². The second kappa shape index (κ2) is 5.98. The molecule has 82 valence electrons. The maximum absolute atomic E-state index is 10.8. The van der Waals surface area contributed by atoms with Crippen molar-refractivity contribution in [3.8, 4) is 0 Å². The van der Waals surface area contributed by atoms with Gasteiger partial charge in [-0.3, -0.25) is 4.79 Å². The molecule has 0 aromatic rings. The Kier molecular flexibility index (Phi) is 4.90. The molecule has 4 nitrogen and oxygen atoms in total. The Labute approximate surface area is 84.6 Å². The standard InChI is InChI=1S/C10H19NO3/c1-14-10(13)5-9(12)7-11-6-8-3-2-4-8/h8-9,11-12H,2-7H2,1H3. The second-order valence-electron chi connectivity index (χ2n) is 3.89. The summed E-state index contributed by atoms with van der Waals surface area (Å²) in [5.74, 6) is 0.420. The van der Waals surface area contributed by atoms with Crippen LogP contribution in [0.1, 0.15) is 25.7 Å². The van der Waals surface area contributed by atoms with E-state index in [1.165, 1.54) is 26.4 Å². The van der Waals surface area contributed by atoms with Crippen molar-refractivity contribution in [2.24, 2.45) is 5.92 Å². The first kappa shape index (κ1) is 11.5. The Morgan fingerprint density at radius 3 is 2.86 bits per heavy atom. The van der Waals surface area contributed by atoms with Gasteiger partial charge in [-0.25, -0.2) is 0 Å². The number of carbonyl (C=O) groups excluding carboxylic acids is 1. The molecule has 1 atom stereocenters. The number of hydrogen-bond acceptors (Lipinski definition) is 4. The van der Waals surface area contributed by atoms with E-state index in [0.29, 0.717) is 6.54 Å². The fourth-order valence-electron chi connectivity index (χ4n) is 1.50. The Bertz CT molecular complexity index is 180. The molecule has 2 N–H and O–H groups in total. The lowest BCUT2D eigenvalue weighted by Crippen LogP contribution is -2.34. The van der Waals surface area contributed by atoms with Gasteiger partial charge in [0.25, 0.3) is 0 Å². The van der Waals surface area contributed by atoms with Gasteiger partial charge in [0, 0.05) is 6.54 Å². The fraction of sp³-hybridized carbons (Fsp3) is 0.900. The van der Waals surface area contributed by atoms with Gasteiger partial charge in [0.15, 0.2) is 0 Å². The van der Waals surface area contributed by atoms with E-state index in [4.69, 9.17) is 0 Å². The summed E-state index contributed by atoms with van der Waals surface area (Å²) in [7, 11) is 1.33. The predicted octanol–water partition coefficient (Wildman–Crippen LogP) is 0.300. The first-order valence-electron chi connectivity index (χ1n) is 5.18. The van der Waals surface area contributed by atoms with Crippen LogP contribution in [0.15, 0.2) is 0 Å². The molecule has 0 aromatic heterocycles. The maximum atomic E-state index is 10.8. The summed E-state index contributed by atoms with van der Waals surface area (Å²) < 4.78 is 4.45. The molecule has 0 aromatic carbocycles. The van der Waals surface area contributed by atoms with Crippen molar-refractivity contribution >= 4 is 5.97 Å². The highest BCUT2D eigenvalue weighted by Gasteiger charge is 2.17. The van der Waals surface area contributed by atoms with Crippen molar-refractivity contribution in [1.29, 1.82) is 0 Å². The number of esters is 1. The van der Waals surface area contributed by atoms with Crippen molar-refractivity contribution in [2.75, 3.05) is 20.2 Å². The van der Waals surface area contributed by atoms with Crippen molar-refractivity contribution < 1.29 is 14.6 Å². The number of ether oxygens (including phenoxy) is 1. The molecule has 0 bridgehead atoms. The number of hydrogen-bond donors (Lipinski definition) is 2. The molecule has 0 aliphatic heterocycles. The minimum absolute atomic E-state index is 0.0775. The van der Waals surface area contributed by atoms with Gasteiger partial charge >= 0.3 is 5.97 Å². The average molecular weight is 201 g/mol.